The number of anilines is 2. The summed E-state index contributed by atoms with van der Waals surface area (Å²) in [6.45, 7) is 1.09. The number of imidazole rings is 1. The van der Waals surface area contributed by atoms with Crippen molar-refractivity contribution in [3.05, 3.63) is 6.33 Å². The molecule has 1 saturated carbocycles. The van der Waals surface area contributed by atoms with Gasteiger partial charge in [-0.2, -0.15) is 18.6 Å². The number of aliphatic hydroxyl groups is 2. The van der Waals surface area contributed by atoms with Gasteiger partial charge in [0.1, 0.15) is 23.3 Å². The maximum atomic E-state index is 12.0. The smallest absolute Gasteiger partial charge is 0.382 e. The van der Waals surface area contributed by atoms with E-state index in [4.69, 9.17) is 26.0 Å². The van der Waals surface area contributed by atoms with Gasteiger partial charge in [-0.05, 0) is 6.92 Å². The highest BCUT2D eigenvalue weighted by molar-refractivity contribution is 7.66. The van der Waals surface area contributed by atoms with Crippen molar-refractivity contribution in [1.82, 2.24) is 19.5 Å². The summed E-state index contributed by atoms with van der Waals surface area (Å²) < 4.78 is 52.7. The molecule has 0 spiro atoms. The number of phosphoric ester groups is 1. The number of nitrogen functional groups attached to an aromatic ring is 2. The van der Waals surface area contributed by atoms with Crippen LogP contribution in [0.25, 0.3) is 11.2 Å². The molecule has 1 aliphatic heterocycles. The second kappa shape index (κ2) is 7.22. The number of fused-ring (bicyclic) bond motifs is 2. The fourth-order valence-corrected chi connectivity index (χ4v) is 6.79. The van der Waals surface area contributed by atoms with Crippen molar-refractivity contribution >= 4 is 46.4 Å². The molecule has 3 unspecified atom stereocenters. The molecule has 2 aromatic heterocycles. The van der Waals surface area contributed by atoms with Crippen molar-refractivity contribution in [2.75, 3.05) is 11.5 Å². The van der Waals surface area contributed by atoms with Crippen LogP contribution in [-0.4, -0.2) is 72.7 Å². The second-order valence-corrected chi connectivity index (χ2v) is 11.7. The van der Waals surface area contributed by atoms with Gasteiger partial charge in [-0.1, -0.05) is 0 Å². The fraction of sp³-hybridized carbons (Fsp3) is 0.545. The maximum absolute atomic E-state index is 12.0. The Morgan fingerprint density at radius 2 is 1.73 bits per heavy atom. The lowest BCUT2D eigenvalue weighted by Gasteiger charge is -2.33. The van der Waals surface area contributed by atoms with E-state index in [1.54, 1.807) is 0 Å². The number of hydrogen-bond donors (Lipinski definition) is 8. The molecule has 2 aliphatic rings. The average molecular weight is 534 g/mol. The second-order valence-electron chi connectivity index (χ2n) is 7.29. The zero-order valence-corrected chi connectivity index (χ0v) is 18.8. The lowest BCUT2D eigenvalue weighted by Crippen LogP contribution is -2.48. The van der Waals surface area contributed by atoms with Crippen molar-refractivity contribution in [2.24, 2.45) is 0 Å². The predicted octanol–water partition coefficient (Wildman–Crippen LogP) is -1.90. The Bertz CT molecular complexity index is 1280. The molecule has 0 amide bonds. The van der Waals surface area contributed by atoms with Crippen molar-refractivity contribution in [3.8, 4) is 0 Å². The Morgan fingerprint density at radius 1 is 1.09 bits per heavy atom. The Balaban J connectivity index is 1.55. The molecule has 3 heterocycles. The summed E-state index contributed by atoms with van der Waals surface area (Å²) in [4.78, 5) is 47.7. The van der Waals surface area contributed by atoms with Crippen LogP contribution in [0.2, 0.25) is 0 Å². The molecular formula is C11H17N6O13P3. The molecule has 1 saturated heterocycles. The highest BCUT2D eigenvalue weighted by Gasteiger charge is 2.84. The van der Waals surface area contributed by atoms with Gasteiger partial charge in [0.25, 0.3) is 0 Å². The van der Waals surface area contributed by atoms with Crippen LogP contribution < -0.4 is 11.5 Å². The molecule has 7 atom stereocenters. The van der Waals surface area contributed by atoms with Gasteiger partial charge in [0.2, 0.25) is 5.95 Å². The van der Waals surface area contributed by atoms with E-state index in [2.05, 4.69) is 28.1 Å². The van der Waals surface area contributed by atoms with Crippen LogP contribution in [0.3, 0.4) is 0 Å². The third-order valence-corrected chi connectivity index (χ3v) is 8.80. The Morgan fingerprint density at radius 3 is 2.27 bits per heavy atom. The number of aromatic nitrogens is 4. The normalized spacial score (nSPS) is 35.2. The summed E-state index contributed by atoms with van der Waals surface area (Å²) in [5, 5.41) is 21.9. The molecule has 0 aromatic carbocycles. The molecule has 10 N–H and O–H groups in total. The topological polar surface area (TPSA) is 305 Å². The molecule has 33 heavy (non-hydrogen) atoms. The minimum absolute atomic E-state index is 0.0413. The van der Waals surface area contributed by atoms with Crippen LogP contribution in [0, 0.1) is 0 Å². The van der Waals surface area contributed by atoms with E-state index in [1.807, 2.05) is 0 Å². The number of rotatable bonds is 7. The van der Waals surface area contributed by atoms with Gasteiger partial charge in [-0.3, -0.25) is 9.09 Å². The third kappa shape index (κ3) is 4.11. The first-order valence-corrected chi connectivity index (χ1v) is 13.1. The fourth-order valence-electron chi connectivity index (χ4n) is 3.58. The molecule has 184 valence electrons. The van der Waals surface area contributed by atoms with E-state index >= 15 is 0 Å². The number of nitrogens with zero attached hydrogens (tertiary/aromatic N) is 4. The number of ether oxygens (including phenoxy) is 1. The van der Waals surface area contributed by atoms with E-state index < -0.39 is 53.1 Å². The van der Waals surface area contributed by atoms with Gasteiger partial charge < -0.3 is 46.0 Å². The quantitative estimate of drug-likeness (QED) is 0.180. The molecule has 2 fully saturated rings. The molecule has 2 aromatic rings. The number of nitrogens with two attached hydrogens (primary N) is 2. The monoisotopic (exact) mass is 534 g/mol. The Hall–Kier alpha value is -1.56. The van der Waals surface area contributed by atoms with Crippen LogP contribution in [0.4, 0.5) is 11.8 Å². The van der Waals surface area contributed by atoms with Crippen molar-refractivity contribution in [3.63, 3.8) is 0 Å². The molecule has 0 radical (unpaired) electrons. The summed E-state index contributed by atoms with van der Waals surface area (Å²) in [5.41, 5.74) is 6.86. The summed E-state index contributed by atoms with van der Waals surface area (Å²) >= 11 is 0. The van der Waals surface area contributed by atoms with Crippen molar-refractivity contribution < 1.29 is 61.4 Å². The standard InChI is InChI=1S/C11H17N6O13P3/c1-10(18)8(17-2-14-3-6(12)15-9(13)16-7(3)17)27-4-5(11(4,10)19)28-32(23,24)30-33(25,26)29-31(20,21)22/h2,4-5,8,18-19H,1H3,(H,23,24)(H,25,26)(H2,20,21,22)(H4,12,13,15,16)/t4-,5?,8-,10+,11+/m1/s1. The Kier molecular flexibility index (Phi) is 5.38. The van der Waals surface area contributed by atoms with Crippen molar-refractivity contribution in [2.45, 2.75) is 36.6 Å². The first-order valence-electron chi connectivity index (χ1n) is 8.56. The van der Waals surface area contributed by atoms with Crippen LogP contribution in [0.1, 0.15) is 13.2 Å². The Labute approximate surface area is 182 Å². The zero-order valence-electron chi connectivity index (χ0n) is 16.1. The molecule has 19 nitrogen and oxygen atoms in total. The van der Waals surface area contributed by atoms with Gasteiger partial charge in [0, 0.05) is 0 Å². The summed E-state index contributed by atoms with van der Waals surface area (Å²) in [6, 6.07) is 0. The van der Waals surface area contributed by atoms with Gasteiger partial charge in [-0.15, -0.1) is 0 Å². The molecular weight excluding hydrogens is 517 g/mol. The number of phosphoric acid groups is 3. The summed E-state index contributed by atoms with van der Waals surface area (Å²) in [7, 11) is -16.9. The lowest BCUT2D eigenvalue weighted by atomic mass is 9.95. The van der Waals surface area contributed by atoms with E-state index in [1.165, 1.54) is 10.9 Å². The molecule has 1 aliphatic carbocycles. The van der Waals surface area contributed by atoms with Gasteiger partial charge in [0.05, 0.1) is 6.33 Å². The first-order chi connectivity index (χ1) is 14.9. The van der Waals surface area contributed by atoms with Gasteiger partial charge >= 0.3 is 23.5 Å². The van der Waals surface area contributed by atoms with Crippen LogP contribution >= 0.6 is 23.5 Å². The molecule has 0 bridgehead atoms. The SMILES string of the molecule is C[C@]1(O)[C@H](n2cnc3c(N)nc(N)nc32)O[C@@H]2C(OP(=O)(O)OP(=O)(O)OP(=O)(O)O)[C@@]21O. The van der Waals surface area contributed by atoms with Gasteiger partial charge in [0.15, 0.2) is 23.3 Å². The highest BCUT2D eigenvalue weighted by atomic mass is 31.3. The van der Waals surface area contributed by atoms with Crippen LogP contribution in [0.15, 0.2) is 6.33 Å². The van der Waals surface area contributed by atoms with Gasteiger partial charge in [-0.25, -0.2) is 18.7 Å². The summed E-state index contributed by atoms with van der Waals surface area (Å²) in [6.07, 6.45) is -3.45. The largest absolute Gasteiger partial charge is 0.490 e. The molecule has 22 heteroatoms. The zero-order chi connectivity index (χ0) is 24.8. The third-order valence-electron chi connectivity index (χ3n) is 4.98. The van der Waals surface area contributed by atoms with E-state index in [9.17, 15) is 33.7 Å². The highest BCUT2D eigenvalue weighted by Crippen LogP contribution is 2.70. The first kappa shape index (κ1) is 24.6. The van der Waals surface area contributed by atoms with E-state index in [0.29, 0.717) is 0 Å². The summed E-state index contributed by atoms with van der Waals surface area (Å²) in [5.74, 6) is -0.280. The number of hydrogen-bond acceptors (Lipinski definition) is 14. The van der Waals surface area contributed by atoms with Crippen molar-refractivity contribution in [1.29, 1.82) is 0 Å². The minimum atomic E-state index is -5.77. The van der Waals surface area contributed by atoms with Crippen LogP contribution in [0.5, 0.6) is 0 Å². The lowest BCUT2D eigenvalue weighted by molar-refractivity contribution is -0.155. The average Bonchev–Trinajstić information content (AvgIpc) is 2.89. The van der Waals surface area contributed by atoms with E-state index in [0.717, 1.165) is 6.92 Å². The minimum Gasteiger partial charge on any atom is -0.382 e. The maximum Gasteiger partial charge on any atom is 0.490 e. The van der Waals surface area contributed by atoms with E-state index in [-0.39, 0.29) is 22.9 Å². The molecule has 4 rings (SSSR count). The van der Waals surface area contributed by atoms with Crippen LogP contribution in [-0.2, 0) is 31.6 Å². The predicted molar refractivity (Wildman–Crippen MR) is 102 cm³/mol.